The van der Waals surface area contributed by atoms with Crippen molar-refractivity contribution in [3.05, 3.63) is 36.5 Å². The van der Waals surface area contributed by atoms with Crippen LogP contribution in [0.5, 0.6) is 5.75 Å². The fourth-order valence-corrected chi connectivity index (χ4v) is 1.44. The largest absolute Gasteiger partial charge is 0.493 e. The Morgan fingerprint density at radius 3 is 2.75 bits per heavy atom. The fourth-order valence-electron chi connectivity index (χ4n) is 1.44. The first-order chi connectivity index (χ1) is 7.54. The van der Waals surface area contributed by atoms with E-state index in [2.05, 4.69) is 31.8 Å². The highest BCUT2D eigenvalue weighted by molar-refractivity contribution is 5.79. The van der Waals surface area contributed by atoms with Crippen molar-refractivity contribution in [3.63, 3.8) is 0 Å². The van der Waals surface area contributed by atoms with E-state index >= 15 is 0 Å². The summed E-state index contributed by atoms with van der Waals surface area (Å²) in [4.78, 5) is 4.31. The molecule has 1 aromatic carbocycles. The number of rotatable bonds is 2. The molecule has 0 aliphatic heterocycles. The number of fused-ring (bicyclic) bond motifs is 1. The number of hydrogen-bond acceptors (Lipinski definition) is 2. The van der Waals surface area contributed by atoms with Gasteiger partial charge in [-0.3, -0.25) is 4.98 Å². The first-order valence-electron chi connectivity index (χ1n) is 5.52. The maximum Gasteiger partial charge on any atom is 0.121 e. The minimum Gasteiger partial charge on any atom is -0.493 e. The van der Waals surface area contributed by atoms with E-state index in [9.17, 15) is 0 Å². The van der Waals surface area contributed by atoms with Gasteiger partial charge in [-0.2, -0.15) is 0 Å². The fraction of sp³-hybridized carbons (Fsp3) is 0.357. The van der Waals surface area contributed by atoms with Gasteiger partial charge in [0.1, 0.15) is 5.75 Å². The maximum absolute atomic E-state index is 5.74. The molecule has 0 aliphatic carbocycles. The molecule has 1 aromatic heterocycles. The van der Waals surface area contributed by atoms with Crippen LogP contribution in [0.15, 0.2) is 36.5 Å². The third-order valence-electron chi connectivity index (χ3n) is 2.25. The zero-order valence-corrected chi connectivity index (χ0v) is 10.0. The lowest BCUT2D eigenvalue weighted by Crippen LogP contribution is -2.16. The molecule has 0 saturated heterocycles. The Labute approximate surface area is 96.3 Å². The van der Waals surface area contributed by atoms with Crippen LogP contribution in [-0.4, -0.2) is 11.6 Å². The highest BCUT2D eigenvalue weighted by Crippen LogP contribution is 2.21. The molecule has 0 fully saturated rings. The Morgan fingerprint density at radius 2 is 2.00 bits per heavy atom. The van der Waals surface area contributed by atoms with Crippen molar-refractivity contribution >= 4 is 10.9 Å². The van der Waals surface area contributed by atoms with E-state index in [4.69, 9.17) is 4.74 Å². The van der Waals surface area contributed by atoms with Gasteiger partial charge in [0.25, 0.3) is 0 Å². The molecule has 0 spiro atoms. The van der Waals surface area contributed by atoms with Crippen LogP contribution in [0, 0.1) is 5.41 Å². The number of ether oxygens (including phenoxy) is 1. The standard InChI is InChI=1S/C14H17NO/c1-14(2,3)10-16-12-7-6-11-5-4-8-15-13(11)9-12/h4-9H,10H2,1-3H3. The van der Waals surface area contributed by atoms with Crippen molar-refractivity contribution < 1.29 is 4.74 Å². The highest BCUT2D eigenvalue weighted by atomic mass is 16.5. The Hall–Kier alpha value is -1.57. The van der Waals surface area contributed by atoms with Crippen molar-refractivity contribution in [1.29, 1.82) is 0 Å². The van der Waals surface area contributed by atoms with Crippen molar-refractivity contribution in [2.75, 3.05) is 6.61 Å². The predicted molar refractivity (Wildman–Crippen MR) is 66.7 cm³/mol. The molecule has 0 saturated carbocycles. The Morgan fingerprint density at radius 1 is 1.19 bits per heavy atom. The number of pyridine rings is 1. The van der Waals surface area contributed by atoms with Gasteiger partial charge in [0.2, 0.25) is 0 Å². The van der Waals surface area contributed by atoms with Crippen LogP contribution in [0.1, 0.15) is 20.8 Å². The van der Waals surface area contributed by atoms with Gasteiger partial charge in [-0.05, 0) is 23.6 Å². The second-order valence-electron chi connectivity index (χ2n) is 5.21. The zero-order chi connectivity index (χ0) is 11.6. The third-order valence-corrected chi connectivity index (χ3v) is 2.25. The molecular formula is C14H17NO. The van der Waals surface area contributed by atoms with Gasteiger partial charge in [0, 0.05) is 17.6 Å². The Kier molecular flexibility index (Phi) is 2.82. The van der Waals surface area contributed by atoms with Crippen LogP contribution in [-0.2, 0) is 0 Å². The van der Waals surface area contributed by atoms with E-state index < -0.39 is 0 Å². The van der Waals surface area contributed by atoms with Gasteiger partial charge in [0.05, 0.1) is 12.1 Å². The maximum atomic E-state index is 5.74. The molecule has 2 nitrogen and oxygen atoms in total. The van der Waals surface area contributed by atoms with Crippen molar-refractivity contribution in [1.82, 2.24) is 4.98 Å². The highest BCUT2D eigenvalue weighted by Gasteiger charge is 2.11. The van der Waals surface area contributed by atoms with E-state index in [1.807, 2.05) is 24.3 Å². The topological polar surface area (TPSA) is 22.1 Å². The SMILES string of the molecule is CC(C)(C)COc1ccc2cccnc2c1. The second kappa shape index (κ2) is 4.12. The Bertz CT molecular complexity index is 485. The monoisotopic (exact) mass is 215 g/mol. The van der Waals surface area contributed by atoms with Gasteiger partial charge < -0.3 is 4.74 Å². The first kappa shape index (κ1) is 10.9. The molecule has 1 heterocycles. The van der Waals surface area contributed by atoms with Crippen LogP contribution in [0.4, 0.5) is 0 Å². The molecule has 0 aliphatic rings. The Balaban J connectivity index is 2.20. The summed E-state index contributed by atoms with van der Waals surface area (Å²) >= 11 is 0. The third kappa shape index (κ3) is 2.72. The molecule has 2 rings (SSSR count). The molecule has 2 heteroatoms. The zero-order valence-electron chi connectivity index (χ0n) is 10.0. The van der Waals surface area contributed by atoms with Crippen molar-refractivity contribution in [3.8, 4) is 5.75 Å². The normalized spacial score (nSPS) is 11.7. The average molecular weight is 215 g/mol. The minimum atomic E-state index is 0.180. The lowest BCUT2D eigenvalue weighted by molar-refractivity contribution is 0.198. The van der Waals surface area contributed by atoms with Crippen LogP contribution < -0.4 is 4.74 Å². The van der Waals surface area contributed by atoms with Gasteiger partial charge in [-0.25, -0.2) is 0 Å². The van der Waals surface area contributed by atoms with Gasteiger partial charge >= 0.3 is 0 Å². The summed E-state index contributed by atoms with van der Waals surface area (Å²) in [6.45, 7) is 7.19. The number of benzene rings is 1. The summed E-state index contributed by atoms with van der Waals surface area (Å²) in [7, 11) is 0. The molecule has 0 N–H and O–H groups in total. The molecule has 0 bridgehead atoms. The number of aromatic nitrogens is 1. The van der Waals surface area contributed by atoms with E-state index in [1.165, 1.54) is 0 Å². The molecule has 16 heavy (non-hydrogen) atoms. The summed E-state index contributed by atoms with van der Waals surface area (Å²) in [6.07, 6.45) is 1.80. The summed E-state index contributed by atoms with van der Waals surface area (Å²) in [6, 6.07) is 10.0. The number of nitrogens with zero attached hydrogens (tertiary/aromatic N) is 1. The molecule has 2 aromatic rings. The van der Waals surface area contributed by atoms with E-state index in [0.717, 1.165) is 16.7 Å². The van der Waals surface area contributed by atoms with E-state index in [-0.39, 0.29) is 5.41 Å². The number of hydrogen-bond donors (Lipinski definition) is 0. The van der Waals surface area contributed by atoms with Crippen molar-refractivity contribution in [2.24, 2.45) is 5.41 Å². The lowest BCUT2D eigenvalue weighted by atomic mass is 9.99. The molecule has 0 atom stereocenters. The van der Waals surface area contributed by atoms with Gasteiger partial charge in [-0.15, -0.1) is 0 Å². The van der Waals surface area contributed by atoms with Crippen LogP contribution in [0.25, 0.3) is 10.9 Å². The van der Waals surface area contributed by atoms with Crippen molar-refractivity contribution in [2.45, 2.75) is 20.8 Å². The van der Waals surface area contributed by atoms with Gasteiger partial charge in [-0.1, -0.05) is 26.8 Å². The molecule has 0 radical (unpaired) electrons. The second-order valence-corrected chi connectivity index (χ2v) is 5.21. The van der Waals surface area contributed by atoms with Gasteiger partial charge in [0.15, 0.2) is 0 Å². The predicted octanol–water partition coefficient (Wildman–Crippen LogP) is 3.66. The smallest absolute Gasteiger partial charge is 0.121 e. The molecular weight excluding hydrogens is 198 g/mol. The van der Waals surface area contributed by atoms with Crippen LogP contribution >= 0.6 is 0 Å². The summed E-state index contributed by atoms with van der Waals surface area (Å²) in [5, 5.41) is 1.14. The molecule has 0 unspecified atom stereocenters. The quantitative estimate of drug-likeness (QED) is 0.762. The summed E-state index contributed by atoms with van der Waals surface area (Å²) < 4.78 is 5.74. The van der Waals surface area contributed by atoms with Crippen LogP contribution in [0.2, 0.25) is 0 Å². The minimum absolute atomic E-state index is 0.180. The average Bonchev–Trinajstić information content (AvgIpc) is 2.25. The summed E-state index contributed by atoms with van der Waals surface area (Å²) in [5.41, 5.74) is 1.16. The molecule has 0 amide bonds. The van der Waals surface area contributed by atoms with E-state index in [1.54, 1.807) is 6.20 Å². The summed E-state index contributed by atoms with van der Waals surface area (Å²) in [5.74, 6) is 0.890. The van der Waals surface area contributed by atoms with Crippen LogP contribution in [0.3, 0.4) is 0 Å². The first-order valence-corrected chi connectivity index (χ1v) is 5.52. The van der Waals surface area contributed by atoms with E-state index in [0.29, 0.717) is 6.61 Å². The lowest BCUT2D eigenvalue weighted by Gasteiger charge is -2.18. The molecule has 84 valence electrons.